The molecule has 0 saturated heterocycles. The zero-order valence-corrected chi connectivity index (χ0v) is 26.7. The summed E-state index contributed by atoms with van der Waals surface area (Å²) in [5, 5.41) is 27.0. The van der Waals surface area contributed by atoms with Gasteiger partial charge in [0.2, 0.25) is 11.8 Å². The SMILES string of the molecule is CC(CCCc1cc(NC(=O)C(C)NC(=O)C(NC(=O)OCC2c3ccccc3-c3ccccc32)C(C)C)ccc1CO)C(=O)O. The number of rotatable bonds is 14. The number of alkyl carbamates (subject to hydrolysis) is 1. The summed E-state index contributed by atoms with van der Waals surface area (Å²) in [4.78, 5) is 50.2. The van der Waals surface area contributed by atoms with E-state index in [-0.39, 0.29) is 25.0 Å². The van der Waals surface area contributed by atoms with Crippen LogP contribution in [-0.2, 0) is 32.1 Å². The van der Waals surface area contributed by atoms with Gasteiger partial charge in [-0.25, -0.2) is 4.79 Å². The lowest BCUT2D eigenvalue weighted by molar-refractivity contribution is -0.141. The van der Waals surface area contributed by atoms with Crippen LogP contribution >= 0.6 is 0 Å². The molecule has 4 rings (SSSR count). The number of carboxylic acids is 1. The molecule has 10 heteroatoms. The van der Waals surface area contributed by atoms with Crippen molar-refractivity contribution in [2.45, 2.75) is 71.6 Å². The summed E-state index contributed by atoms with van der Waals surface area (Å²) in [6.45, 7) is 6.71. The molecular weight excluding hydrogens is 586 g/mol. The number of carboxylic acid groups (broad SMARTS) is 1. The van der Waals surface area contributed by atoms with Crippen molar-refractivity contribution < 1.29 is 34.1 Å². The molecule has 3 unspecified atom stereocenters. The summed E-state index contributed by atoms with van der Waals surface area (Å²) in [5.41, 5.74) is 6.39. The van der Waals surface area contributed by atoms with Gasteiger partial charge in [-0.05, 0) is 77.6 Å². The molecule has 1 aliphatic rings. The van der Waals surface area contributed by atoms with Gasteiger partial charge in [-0.3, -0.25) is 14.4 Å². The van der Waals surface area contributed by atoms with Gasteiger partial charge in [0.1, 0.15) is 18.7 Å². The number of carbonyl (C=O) groups is 4. The van der Waals surface area contributed by atoms with Crippen molar-refractivity contribution in [1.29, 1.82) is 0 Å². The second kappa shape index (κ2) is 15.5. The minimum absolute atomic E-state index is 0.112. The number of nitrogens with one attached hydrogen (secondary N) is 3. The highest BCUT2D eigenvalue weighted by Crippen LogP contribution is 2.44. The first-order valence-electron chi connectivity index (χ1n) is 15.7. The van der Waals surface area contributed by atoms with Crippen LogP contribution < -0.4 is 16.0 Å². The highest BCUT2D eigenvalue weighted by Gasteiger charge is 2.31. The lowest BCUT2D eigenvalue weighted by atomic mass is 9.97. The third-order valence-electron chi connectivity index (χ3n) is 8.47. The molecule has 3 atom stereocenters. The van der Waals surface area contributed by atoms with E-state index in [2.05, 4.69) is 28.1 Å². The number of carbonyl (C=O) groups excluding carboxylic acids is 3. The van der Waals surface area contributed by atoms with Crippen molar-refractivity contribution in [3.8, 4) is 11.1 Å². The fourth-order valence-electron chi connectivity index (χ4n) is 5.73. The second-order valence-electron chi connectivity index (χ2n) is 12.2. The fraction of sp³-hybridized carbons (Fsp3) is 0.389. The molecular formula is C36H43N3O7. The number of aliphatic hydroxyl groups is 1. The van der Waals surface area contributed by atoms with Crippen LogP contribution in [0.4, 0.5) is 10.5 Å². The number of amides is 3. The van der Waals surface area contributed by atoms with Gasteiger partial charge >= 0.3 is 12.1 Å². The Labute approximate surface area is 269 Å². The zero-order chi connectivity index (χ0) is 33.4. The molecule has 0 radical (unpaired) electrons. The van der Waals surface area contributed by atoms with E-state index in [1.54, 1.807) is 45.9 Å². The van der Waals surface area contributed by atoms with E-state index in [9.17, 15) is 24.3 Å². The molecule has 3 aromatic carbocycles. The Morgan fingerprint density at radius 2 is 1.46 bits per heavy atom. The molecule has 0 aromatic heterocycles. The number of hydrogen-bond acceptors (Lipinski definition) is 6. The summed E-state index contributed by atoms with van der Waals surface area (Å²) in [7, 11) is 0. The molecule has 244 valence electrons. The third kappa shape index (κ3) is 8.31. The van der Waals surface area contributed by atoms with E-state index < -0.39 is 41.9 Å². The van der Waals surface area contributed by atoms with E-state index in [0.717, 1.165) is 27.8 Å². The first kappa shape index (κ1) is 34.2. The molecule has 10 nitrogen and oxygen atoms in total. The van der Waals surface area contributed by atoms with Crippen LogP contribution in [0.3, 0.4) is 0 Å². The third-order valence-corrected chi connectivity index (χ3v) is 8.47. The van der Waals surface area contributed by atoms with Crippen molar-refractivity contribution >= 4 is 29.6 Å². The Kier molecular flexibility index (Phi) is 11.5. The average molecular weight is 630 g/mol. The van der Waals surface area contributed by atoms with Crippen LogP contribution in [0.2, 0.25) is 0 Å². The van der Waals surface area contributed by atoms with Crippen molar-refractivity contribution in [2.24, 2.45) is 11.8 Å². The molecule has 0 spiro atoms. The van der Waals surface area contributed by atoms with Crippen molar-refractivity contribution in [3.63, 3.8) is 0 Å². The number of anilines is 1. The van der Waals surface area contributed by atoms with Gasteiger partial charge in [-0.2, -0.15) is 0 Å². The van der Waals surface area contributed by atoms with Crippen molar-refractivity contribution in [1.82, 2.24) is 10.6 Å². The predicted octanol–water partition coefficient (Wildman–Crippen LogP) is 5.23. The van der Waals surface area contributed by atoms with Gasteiger partial charge in [-0.15, -0.1) is 0 Å². The minimum atomic E-state index is -0.936. The van der Waals surface area contributed by atoms with Gasteiger partial charge < -0.3 is 30.9 Å². The monoisotopic (exact) mass is 629 g/mol. The number of aliphatic hydroxyl groups excluding tert-OH is 1. The Morgan fingerprint density at radius 1 is 0.826 bits per heavy atom. The van der Waals surface area contributed by atoms with Gasteiger partial charge in [0, 0.05) is 11.6 Å². The second-order valence-corrected chi connectivity index (χ2v) is 12.2. The largest absolute Gasteiger partial charge is 0.481 e. The van der Waals surface area contributed by atoms with E-state index in [4.69, 9.17) is 9.84 Å². The molecule has 0 aliphatic heterocycles. The van der Waals surface area contributed by atoms with Gasteiger partial charge in [-0.1, -0.05) is 75.4 Å². The molecule has 0 heterocycles. The van der Waals surface area contributed by atoms with E-state index >= 15 is 0 Å². The fourth-order valence-corrected chi connectivity index (χ4v) is 5.73. The molecule has 0 fully saturated rings. The van der Waals surface area contributed by atoms with Gasteiger partial charge in [0.15, 0.2) is 0 Å². The Hall–Kier alpha value is -4.70. The normalized spacial score (nSPS) is 14.0. The molecule has 1 aliphatic carbocycles. The molecule has 3 aromatic rings. The van der Waals surface area contributed by atoms with Crippen LogP contribution in [0.1, 0.15) is 68.7 Å². The van der Waals surface area contributed by atoms with Crippen molar-refractivity contribution in [2.75, 3.05) is 11.9 Å². The summed E-state index contributed by atoms with van der Waals surface area (Å²) in [6, 6.07) is 19.3. The maximum Gasteiger partial charge on any atom is 0.407 e. The van der Waals surface area contributed by atoms with Crippen LogP contribution in [0.5, 0.6) is 0 Å². The molecule has 3 amide bonds. The summed E-state index contributed by atoms with van der Waals surface area (Å²) < 4.78 is 5.63. The number of ether oxygens (including phenoxy) is 1. The number of aryl methyl sites for hydroxylation is 1. The number of fused-ring (bicyclic) bond motifs is 3. The summed E-state index contributed by atoms with van der Waals surface area (Å²) in [6.07, 6.45) is 0.918. The van der Waals surface area contributed by atoms with Crippen molar-refractivity contribution in [3.05, 3.63) is 89.0 Å². The molecule has 5 N–H and O–H groups in total. The first-order valence-corrected chi connectivity index (χ1v) is 15.7. The summed E-state index contributed by atoms with van der Waals surface area (Å²) in [5.74, 6) is -2.71. The lowest BCUT2D eigenvalue weighted by Crippen LogP contribution is -2.53. The smallest absolute Gasteiger partial charge is 0.407 e. The van der Waals surface area contributed by atoms with Crippen LogP contribution in [0.25, 0.3) is 11.1 Å². The zero-order valence-electron chi connectivity index (χ0n) is 26.7. The minimum Gasteiger partial charge on any atom is -0.481 e. The van der Waals surface area contributed by atoms with Crippen LogP contribution in [0.15, 0.2) is 66.7 Å². The Morgan fingerprint density at radius 3 is 2.04 bits per heavy atom. The van der Waals surface area contributed by atoms with Gasteiger partial charge in [0.25, 0.3) is 0 Å². The number of aliphatic carboxylic acids is 1. The summed E-state index contributed by atoms with van der Waals surface area (Å²) >= 11 is 0. The number of hydrogen-bond donors (Lipinski definition) is 5. The van der Waals surface area contributed by atoms with Crippen LogP contribution in [0, 0.1) is 11.8 Å². The van der Waals surface area contributed by atoms with Crippen LogP contribution in [-0.4, -0.2) is 52.8 Å². The highest BCUT2D eigenvalue weighted by molar-refractivity contribution is 5.98. The molecule has 0 saturated carbocycles. The Balaban J connectivity index is 1.32. The highest BCUT2D eigenvalue weighted by atomic mass is 16.5. The van der Waals surface area contributed by atoms with E-state index in [1.807, 2.05) is 36.4 Å². The Bertz CT molecular complexity index is 1530. The number of benzene rings is 3. The standard InChI is InChI=1S/C36H43N3O7/c1-21(2)32(39-36(45)46-20-31-29-14-7-5-12-27(29)28-13-6-8-15-30(28)31)34(42)37-23(4)33(41)38-26-17-16-25(19-40)24(18-26)11-9-10-22(3)35(43)44/h5-8,12-18,21-23,31-32,40H,9-11,19-20H2,1-4H3,(H,37,42)(H,38,41)(H,39,45)(H,43,44). The lowest BCUT2D eigenvalue weighted by Gasteiger charge is -2.24. The molecule has 0 bridgehead atoms. The first-order chi connectivity index (χ1) is 22.0. The topological polar surface area (TPSA) is 154 Å². The average Bonchev–Trinajstić information content (AvgIpc) is 3.35. The molecule has 46 heavy (non-hydrogen) atoms. The maximum atomic E-state index is 13.2. The van der Waals surface area contributed by atoms with E-state index in [1.165, 1.54) is 0 Å². The predicted molar refractivity (Wildman–Crippen MR) is 175 cm³/mol. The quantitative estimate of drug-likeness (QED) is 0.164. The van der Waals surface area contributed by atoms with Gasteiger partial charge in [0.05, 0.1) is 12.5 Å². The van der Waals surface area contributed by atoms with E-state index in [0.29, 0.717) is 30.5 Å². The maximum absolute atomic E-state index is 13.2.